The van der Waals surface area contributed by atoms with E-state index in [2.05, 4.69) is 38.5 Å². The van der Waals surface area contributed by atoms with Gasteiger partial charge in [0.25, 0.3) is 0 Å². The standard InChI is InChI=1S/C18H20O5P2/c1-2-22-14(11-23-25(19,20)21)9-13-7-8-16-15-6-4-3-5-12(15)10-17(16)18(13)24/h2-8,14H,1,9-11,24H2,(H2,19,20,21). The van der Waals surface area contributed by atoms with Crippen LogP contribution in [0, 0.1) is 0 Å². The van der Waals surface area contributed by atoms with Crippen molar-refractivity contribution < 1.29 is 23.6 Å². The maximum atomic E-state index is 10.9. The van der Waals surface area contributed by atoms with E-state index in [1.165, 1.54) is 28.5 Å². The van der Waals surface area contributed by atoms with Crippen LogP contribution in [0.5, 0.6) is 0 Å². The van der Waals surface area contributed by atoms with E-state index in [1.807, 2.05) is 18.2 Å². The summed E-state index contributed by atoms with van der Waals surface area (Å²) in [5, 5.41) is 1.10. The predicted molar refractivity (Wildman–Crippen MR) is 101 cm³/mol. The minimum absolute atomic E-state index is 0.211. The number of hydrogen-bond acceptors (Lipinski definition) is 3. The fourth-order valence-electron chi connectivity index (χ4n) is 3.17. The Morgan fingerprint density at radius 3 is 2.72 bits per heavy atom. The molecule has 2 aromatic rings. The maximum Gasteiger partial charge on any atom is 0.469 e. The molecule has 2 aromatic carbocycles. The zero-order valence-electron chi connectivity index (χ0n) is 13.6. The molecule has 132 valence electrons. The first-order chi connectivity index (χ1) is 11.9. The largest absolute Gasteiger partial charge is 0.496 e. The lowest BCUT2D eigenvalue weighted by atomic mass is 10.00. The van der Waals surface area contributed by atoms with Gasteiger partial charge < -0.3 is 14.5 Å². The lowest BCUT2D eigenvalue weighted by Crippen LogP contribution is -2.23. The lowest BCUT2D eigenvalue weighted by Gasteiger charge is -2.19. The lowest BCUT2D eigenvalue weighted by molar-refractivity contribution is 0.0715. The van der Waals surface area contributed by atoms with Gasteiger partial charge in [-0.15, -0.1) is 9.24 Å². The summed E-state index contributed by atoms with van der Waals surface area (Å²) in [4.78, 5) is 17.8. The summed E-state index contributed by atoms with van der Waals surface area (Å²) in [6.45, 7) is 3.31. The molecule has 0 aromatic heterocycles. The second kappa shape index (κ2) is 7.41. The highest BCUT2D eigenvalue weighted by Crippen LogP contribution is 2.38. The van der Waals surface area contributed by atoms with Crippen molar-refractivity contribution in [2.45, 2.75) is 18.9 Å². The summed E-state index contributed by atoms with van der Waals surface area (Å²) < 4.78 is 20.9. The topological polar surface area (TPSA) is 76.0 Å². The highest BCUT2D eigenvalue weighted by molar-refractivity contribution is 7.46. The molecule has 0 saturated heterocycles. The van der Waals surface area contributed by atoms with Crippen molar-refractivity contribution in [3.05, 3.63) is 65.9 Å². The number of rotatable bonds is 7. The molecule has 0 bridgehead atoms. The van der Waals surface area contributed by atoms with Gasteiger partial charge in [0.05, 0.1) is 12.9 Å². The number of phosphoric acid groups is 1. The molecule has 0 heterocycles. The SMILES string of the molecule is C=COC(COP(=O)(O)O)Cc1ccc2c(c1P)Cc1ccccc1-2. The smallest absolute Gasteiger partial charge is 0.469 e. The summed E-state index contributed by atoms with van der Waals surface area (Å²) in [6, 6.07) is 12.5. The van der Waals surface area contributed by atoms with Gasteiger partial charge in [-0.25, -0.2) is 4.57 Å². The van der Waals surface area contributed by atoms with Gasteiger partial charge in [-0.1, -0.05) is 43.0 Å². The molecule has 1 aliphatic rings. The van der Waals surface area contributed by atoms with Crippen LogP contribution in [-0.4, -0.2) is 22.5 Å². The normalized spacial score (nSPS) is 13.9. The average Bonchev–Trinajstić information content (AvgIpc) is 2.94. The van der Waals surface area contributed by atoms with Gasteiger partial charge >= 0.3 is 7.82 Å². The van der Waals surface area contributed by atoms with Gasteiger partial charge in [-0.3, -0.25) is 4.52 Å². The fraction of sp³-hybridized carbons (Fsp3) is 0.222. The van der Waals surface area contributed by atoms with E-state index in [1.54, 1.807) is 0 Å². The predicted octanol–water partition coefficient (Wildman–Crippen LogP) is 2.94. The number of hydrogen-bond donors (Lipinski definition) is 2. The van der Waals surface area contributed by atoms with Crippen LogP contribution in [0.2, 0.25) is 0 Å². The van der Waals surface area contributed by atoms with Crippen LogP contribution in [0.1, 0.15) is 16.7 Å². The molecule has 7 heteroatoms. The first-order valence-electron chi connectivity index (χ1n) is 7.84. The number of benzene rings is 2. The van der Waals surface area contributed by atoms with Gasteiger partial charge in [-0.2, -0.15) is 0 Å². The van der Waals surface area contributed by atoms with E-state index >= 15 is 0 Å². The zero-order chi connectivity index (χ0) is 18.0. The molecule has 2 N–H and O–H groups in total. The highest BCUT2D eigenvalue weighted by Gasteiger charge is 2.23. The monoisotopic (exact) mass is 378 g/mol. The molecule has 0 spiro atoms. The summed E-state index contributed by atoms with van der Waals surface area (Å²) in [7, 11) is -1.74. The van der Waals surface area contributed by atoms with Crippen molar-refractivity contribution in [3.8, 4) is 11.1 Å². The van der Waals surface area contributed by atoms with E-state index in [-0.39, 0.29) is 6.61 Å². The summed E-state index contributed by atoms with van der Waals surface area (Å²) in [6.07, 6.45) is 2.09. The first-order valence-corrected chi connectivity index (χ1v) is 9.94. The second-order valence-corrected chi connectivity index (χ2v) is 7.73. The van der Waals surface area contributed by atoms with Gasteiger partial charge in [0.15, 0.2) is 0 Å². The Kier molecular flexibility index (Phi) is 5.43. The molecule has 0 radical (unpaired) electrons. The Balaban J connectivity index is 1.82. The highest BCUT2D eigenvalue weighted by atomic mass is 31.2. The molecule has 0 saturated carbocycles. The van der Waals surface area contributed by atoms with Gasteiger partial charge in [-0.05, 0) is 39.5 Å². The molecular formula is C18H20O5P2. The summed E-state index contributed by atoms with van der Waals surface area (Å²) in [5.74, 6) is 0. The van der Waals surface area contributed by atoms with E-state index in [4.69, 9.17) is 14.5 Å². The van der Waals surface area contributed by atoms with Crippen molar-refractivity contribution in [1.29, 1.82) is 0 Å². The van der Waals surface area contributed by atoms with Crippen molar-refractivity contribution in [2.75, 3.05) is 6.61 Å². The maximum absolute atomic E-state index is 10.9. The van der Waals surface area contributed by atoms with Crippen molar-refractivity contribution >= 4 is 22.4 Å². The fourth-order valence-corrected chi connectivity index (χ4v) is 4.00. The van der Waals surface area contributed by atoms with E-state index in [0.717, 1.165) is 17.3 Å². The van der Waals surface area contributed by atoms with Crippen LogP contribution in [0.15, 0.2) is 49.2 Å². The van der Waals surface area contributed by atoms with Crippen molar-refractivity contribution in [2.24, 2.45) is 0 Å². The van der Waals surface area contributed by atoms with Crippen LogP contribution < -0.4 is 5.30 Å². The Morgan fingerprint density at radius 1 is 1.24 bits per heavy atom. The third-order valence-corrected chi connectivity index (χ3v) is 5.49. The minimum atomic E-state index is -4.53. The van der Waals surface area contributed by atoms with Crippen molar-refractivity contribution in [1.82, 2.24) is 0 Å². The molecular weight excluding hydrogens is 358 g/mol. The molecule has 2 atom stereocenters. The third kappa shape index (κ3) is 4.20. The third-order valence-electron chi connectivity index (χ3n) is 4.29. The quantitative estimate of drug-likeness (QED) is 0.488. The Hall–Kier alpha value is -1.48. The zero-order valence-corrected chi connectivity index (χ0v) is 15.6. The van der Waals surface area contributed by atoms with Crippen LogP contribution in [0.25, 0.3) is 11.1 Å². The van der Waals surface area contributed by atoms with Crippen LogP contribution in [0.4, 0.5) is 0 Å². The Bertz CT molecular complexity index is 843. The first kappa shape index (κ1) is 18.3. The second-order valence-electron chi connectivity index (χ2n) is 5.91. The number of fused-ring (bicyclic) bond motifs is 3. The minimum Gasteiger partial charge on any atom is -0.496 e. The average molecular weight is 378 g/mol. The van der Waals surface area contributed by atoms with Gasteiger partial charge in [0, 0.05) is 6.42 Å². The molecule has 0 fully saturated rings. The van der Waals surface area contributed by atoms with Gasteiger partial charge in [0.2, 0.25) is 0 Å². The van der Waals surface area contributed by atoms with E-state index < -0.39 is 13.9 Å². The van der Waals surface area contributed by atoms with E-state index in [0.29, 0.717) is 6.42 Å². The van der Waals surface area contributed by atoms with Crippen LogP contribution >= 0.6 is 17.1 Å². The number of phosphoric ester groups is 1. The Morgan fingerprint density at radius 2 is 2.00 bits per heavy atom. The molecule has 5 nitrogen and oxygen atoms in total. The molecule has 2 unspecified atom stereocenters. The summed E-state index contributed by atoms with van der Waals surface area (Å²) in [5.41, 5.74) is 6.10. The summed E-state index contributed by atoms with van der Waals surface area (Å²) >= 11 is 0. The molecule has 25 heavy (non-hydrogen) atoms. The molecule has 3 rings (SSSR count). The Labute approximate surface area is 149 Å². The van der Waals surface area contributed by atoms with Crippen LogP contribution in [-0.2, 0) is 26.7 Å². The molecule has 1 aliphatic carbocycles. The van der Waals surface area contributed by atoms with Crippen molar-refractivity contribution in [3.63, 3.8) is 0 Å². The van der Waals surface area contributed by atoms with E-state index in [9.17, 15) is 4.57 Å². The number of ether oxygens (including phenoxy) is 1. The molecule has 0 aliphatic heterocycles. The van der Waals surface area contributed by atoms with Gasteiger partial charge in [0.1, 0.15) is 6.10 Å². The molecule has 0 amide bonds. The van der Waals surface area contributed by atoms with Crippen LogP contribution in [0.3, 0.4) is 0 Å².